The first kappa shape index (κ1) is 14.5. The van der Waals surface area contributed by atoms with Gasteiger partial charge in [0.1, 0.15) is 5.75 Å². The van der Waals surface area contributed by atoms with Crippen molar-refractivity contribution in [3.05, 3.63) is 28.2 Å². The molecule has 0 saturated carbocycles. The van der Waals surface area contributed by atoms with Gasteiger partial charge in [-0.15, -0.1) is 0 Å². The topological polar surface area (TPSA) is 21.3 Å². The van der Waals surface area contributed by atoms with Crippen LogP contribution in [0.15, 0.2) is 22.7 Å². The molecule has 1 aromatic carbocycles. The first-order valence-electron chi connectivity index (χ1n) is 6.14. The molecule has 2 nitrogen and oxygen atoms in total. The average molecular weight is 300 g/mol. The molecule has 0 bridgehead atoms. The number of methoxy groups -OCH3 is 1. The lowest BCUT2D eigenvalue weighted by molar-refractivity contribution is 0.356. The van der Waals surface area contributed by atoms with Gasteiger partial charge in [0.05, 0.1) is 7.11 Å². The predicted molar refractivity (Wildman–Crippen MR) is 76.6 cm³/mol. The Balaban J connectivity index is 3.05. The molecule has 2 unspecified atom stereocenters. The highest BCUT2D eigenvalue weighted by atomic mass is 79.9. The summed E-state index contributed by atoms with van der Waals surface area (Å²) < 4.78 is 6.55. The maximum absolute atomic E-state index is 5.45. The lowest BCUT2D eigenvalue weighted by atomic mass is 9.90. The Morgan fingerprint density at radius 3 is 2.65 bits per heavy atom. The Morgan fingerprint density at radius 1 is 1.41 bits per heavy atom. The third kappa shape index (κ3) is 3.71. The van der Waals surface area contributed by atoms with E-state index in [2.05, 4.69) is 41.2 Å². The summed E-state index contributed by atoms with van der Waals surface area (Å²) in [6.07, 6.45) is 2.41. The minimum absolute atomic E-state index is 0.336. The number of benzene rings is 1. The lowest BCUT2D eigenvalue weighted by Crippen LogP contribution is -2.24. The average Bonchev–Trinajstić information content (AvgIpc) is 2.31. The second-order valence-corrected chi connectivity index (χ2v) is 5.33. The molecular formula is C14H22BrNO. The number of ether oxygens (including phenoxy) is 1. The second kappa shape index (κ2) is 7.02. The van der Waals surface area contributed by atoms with E-state index in [0.29, 0.717) is 12.0 Å². The number of halogens is 1. The fourth-order valence-electron chi connectivity index (χ4n) is 2.32. The van der Waals surface area contributed by atoms with E-state index in [4.69, 9.17) is 4.74 Å². The van der Waals surface area contributed by atoms with E-state index < -0.39 is 0 Å². The lowest BCUT2D eigenvalue weighted by Gasteiger charge is -2.25. The van der Waals surface area contributed by atoms with Crippen LogP contribution in [0, 0.1) is 5.92 Å². The highest BCUT2D eigenvalue weighted by Gasteiger charge is 2.20. The zero-order chi connectivity index (χ0) is 12.8. The summed E-state index contributed by atoms with van der Waals surface area (Å²) >= 11 is 3.53. The summed E-state index contributed by atoms with van der Waals surface area (Å²) in [5.74, 6) is 1.55. The Morgan fingerprint density at radius 2 is 2.12 bits per heavy atom. The summed E-state index contributed by atoms with van der Waals surface area (Å²) in [7, 11) is 3.74. The molecule has 0 aliphatic carbocycles. The number of rotatable bonds is 6. The Labute approximate surface area is 113 Å². The quantitative estimate of drug-likeness (QED) is 0.852. The molecule has 1 rings (SSSR count). The van der Waals surface area contributed by atoms with Crippen LogP contribution in [0.2, 0.25) is 0 Å². The van der Waals surface area contributed by atoms with Crippen LogP contribution in [0.3, 0.4) is 0 Å². The van der Waals surface area contributed by atoms with E-state index in [1.807, 2.05) is 19.2 Å². The highest BCUT2D eigenvalue weighted by Crippen LogP contribution is 2.33. The van der Waals surface area contributed by atoms with Crippen LogP contribution in [-0.4, -0.2) is 14.2 Å². The molecule has 0 heterocycles. The number of nitrogens with one attached hydrogen (secondary N) is 1. The van der Waals surface area contributed by atoms with Crippen LogP contribution < -0.4 is 10.1 Å². The Bertz CT molecular complexity index is 354. The monoisotopic (exact) mass is 299 g/mol. The van der Waals surface area contributed by atoms with Gasteiger partial charge in [0.25, 0.3) is 0 Å². The van der Waals surface area contributed by atoms with E-state index in [1.165, 1.54) is 18.4 Å². The van der Waals surface area contributed by atoms with Gasteiger partial charge in [-0.25, -0.2) is 0 Å². The van der Waals surface area contributed by atoms with E-state index in [9.17, 15) is 0 Å². The van der Waals surface area contributed by atoms with Crippen LogP contribution in [0.25, 0.3) is 0 Å². The zero-order valence-corrected chi connectivity index (χ0v) is 12.7. The molecule has 0 aromatic heterocycles. The molecule has 96 valence electrons. The summed E-state index contributed by atoms with van der Waals surface area (Å²) in [6, 6.07) is 6.51. The maximum atomic E-state index is 5.45. The summed E-state index contributed by atoms with van der Waals surface area (Å²) in [5, 5.41) is 3.40. The van der Waals surface area contributed by atoms with Crippen LogP contribution in [0.5, 0.6) is 5.75 Å². The molecule has 0 fully saturated rings. The molecule has 0 saturated heterocycles. The van der Waals surface area contributed by atoms with Crippen molar-refractivity contribution < 1.29 is 4.74 Å². The number of hydrogen-bond donors (Lipinski definition) is 1. The van der Waals surface area contributed by atoms with Gasteiger partial charge in [0, 0.05) is 16.1 Å². The van der Waals surface area contributed by atoms with Crippen LogP contribution in [0.1, 0.15) is 38.3 Å². The van der Waals surface area contributed by atoms with Crippen LogP contribution in [-0.2, 0) is 0 Å². The van der Waals surface area contributed by atoms with E-state index in [-0.39, 0.29) is 0 Å². The fraction of sp³-hybridized carbons (Fsp3) is 0.571. The second-order valence-electron chi connectivity index (χ2n) is 4.42. The van der Waals surface area contributed by atoms with Crippen molar-refractivity contribution in [2.45, 2.75) is 32.7 Å². The molecule has 0 spiro atoms. The van der Waals surface area contributed by atoms with Gasteiger partial charge in [0.2, 0.25) is 0 Å². The van der Waals surface area contributed by atoms with Gasteiger partial charge >= 0.3 is 0 Å². The molecule has 1 N–H and O–H groups in total. The van der Waals surface area contributed by atoms with Gasteiger partial charge in [-0.1, -0.05) is 36.2 Å². The molecule has 0 aliphatic heterocycles. The molecular weight excluding hydrogens is 278 g/mol. The number of hydrogen-bond acceptors (Lipinski definition) is 2. The molecule has 17 heavy (non-hydrogen) atoms. The van der Waals surface area contributed by atoms with Crippen molar-refractivity contribution in [2.75, 3.05) is 14.2 Å². The Hall–Kier alpha value is -0.540. The largest absolute Gasteiger partial charge is 0.496 e. The van der Waals surface area contributed by atoms with Crippen LogP contribution >= 0.6 is 15.9 Å². The smallest absolute Gasteiger partial charge is 0.123 e. The molecule has 0 radical (unpaired) electrons. The fourth-order valence-corrected chi connectivity index (χ4v) is 2.70. The summed E-state index contributed by atoms with van der Waals surface area (Å²) in [5.41, 5.74) is 1.23. The van der Waals surface area contributed by atoms with Gasteiger partial charge < -0.3 is 10.1 Å². The van der Waals surface area contributed by atoms with E-state index in [1.54, 1.807) is 7.11 Å². The molecule has 3 heteroatoms. The Kier molecular flexibility index (Phi) is 6.00. The normalized spacial score (nSPS) is 14.4. The van der Waals surface area contributed by atoms with Crippen molar-refractivity contribution >= 4 is 15.9 Å². The summed E-state index contributed by atoms with van der Waals surface area (Å²) in [4.78, 5) is 0. The summed E-state index contributed by atoms with van der Waals surface area (Å²) in [6.45, 7) is 4.51. The first-order chi connectivity index (χ1) is 8.13. The van der Waals surface area contributed by atoms with Crippen LogP contribution in [0.4, 0.5) is 0 Å². The van der Waals surface area contributed by atoms with Gasteiger partial charge in [0.15, 0.2) is 0 Å². The van der Waals surface area contributed by atoms with Crippen molar-refractivity contribution in [2.24, 2.45) is 5.92 Å². The highest BCUT2D eigenvalue weighted by molar-refractivity contribution is 9.10. The van der Waals surface area contributed by atoms with Gasteiger partial charge in [-0.3, -0.25) is 0 Å². The standard InChI is InChI=1S/C14H22BrNO/c1-5-6-10(2)14(16-3)12-9-11(15)7-8-13(12)17-4/h7-10,14,16H,5-6H2,1-4H3. The maximum Gasteiger partial charge on any atom is 0.123 e. The third-order valence-electron chi connectivity index (χ3n) is 3.15. The van der Waals surface area contributed by atoms with Crippen molar-refractivity contribution in [3.8, 4) is 5.75 Å². The van der Waals surface area contributed by atoms with Gasteiger partial charge in [-0.2, -0.15) is 0 Å². The molecule has 0 amide bonds. The zero-order valence-electron chi connectivity index (χ0n) is 11.1. The van der Waals surface area contributed by atoms with Crippen molar-refractivity contribution in [1.82, 2.24) is 5.32 Å². The third-order valence-corrected chi connectivity index (χ3v) is 3.64. The molecule has 1 aromatic rings. The van der Waals surface area contributed by atoms with E-state index >= 15 is 0 Å². The first-order valence-corrected chi connectivity index (χ1v) is 6.94. The van der Waals surface area contributed by atoms with Crippen molar-refractivity contribution in [1.29, 1.82) is 0 Å². The SMILES string of the molecule is CCCC(C)C(NC)c1cc(Br)ccc1OC. The molecule has 0 aliphatic rings. The van der Waals surface area contributed by atoms with Gasteiger partial charge in [-0.05, 0) is 37.6 Å². The predicted octanol–water partition coefficient (Wildman–Crippen LogP) is 4.15. The molecule has 2 atom stereocenters. The van der Waals surface area contributed by atoms with Crippen molar-refractivity contribution in [3.63, 3.8) is 0 Å². The van der Waals surface area contributed by atoms with E-state index in [0.717, 1.165) is 10.2 Å². The minimum Gasteiger partial charge on any atom is -0.496 e. The minimum atomic E-state index is 0.336.